The minimum atomic E-state index is -3.59. The van der Waals surface area contributed by atoms with Crippen LogP contribution in [0.5, 0.6) is 0 Å². The number of benzene rings is 1. The first-order chi connectivity index (χ1) is 8.87. The topological polar surface area (TPSA) is 86.2 Å². The number of sulfone groups is 1. The quantitative estimate of drug-likeness (QED) is 0.639. The van der Waals surface area contributed by atoms with E-state index < -0.39 is 9.84 Å². The molecule has 1 aromatic rings. The molecule has 0 spiro atoms. The second-order valence-corrected chi connectivity index (χ2v) is 5.99. The van der Waals surface area contributed by atoms with Crippen molar-refractivity contribution in [3.05, 3.63) is 59.7 Å². The summed E-state index contributed by atoms with van der Waals surface area (Å²) in [6, 6.07) is 5.98. The predicted molar refractivity (Wildman–Crippen MR) is 78.9 cm³/mol. The van der Waals surface area contributed by atoms with E-state index in [-0.39, 0.29) is 9.80 Å². The Morgan fingerprint density at radius 1 is 1.26 bits per heavy atom. The number of anilines is 1. The van der Waals surface area contributed by atoms with Crippen LogP contribution in [0.15, 0.2) is 64.6 Å². The molecular formula is C14H18N2O2S. The van der Waals surface area contributed by atoms with Gasteiger partial charge in [0.1, 0.15) is 0 Å². The van der Waals surface area contributed by atoms with E-state index in [9.17, 15) is 8.42 Å². The zero-order valence-corrected chi connectivity index (χ0v) is 11.7. The van der Waals surface area contributed by atoms with E-state index in [0.717, 1.165) is 6.42 Å². The number of allylic oxidation sites excluding steroid dienone is 3. The van der Waals surface area contributed by atoms with Crippen molar-refractivity contribution in [1.29, 1.82) is 0 Å². The molecule has 1 rings (SSSR count). The number of nitrogens with two attached hydrogens (primary N) is 2. The molecule has 4 N–H and O–H groups in total. The lowest BCUT2D eigenvalue weighted by Gasteiger charge is -2.04. The maximum Gasteiger partial charge on any atom is 0.206 e. The first-order valence-electron chi connectivity index (χ1n) is 5.81. The summed E-state index contributed by atoms with van der Waals surface area (Å²) < 4.78 is 24.3. The molecule has 0 atom stereocenters. The van der Waals surface area contributed by atoms with Crippen molar-refractivity contribution in [3.63, 3.8) is 0 Å². The Hall–Kier alpha value is -2.01. The number of hydrogen-bond donors (Lipinski definition) is 2. The van der Waals surface area contributed by atoms with E-state index in [4.69, 9.17) is 11.5 Å². The number of hydrogen-bond acceptors (Lipinski definition) is 4. The molecule has 5 heteroatoms. The largest absolute Gasteiger partial charge is 0.399 e. The van der Waals surface area contributed by atoms with Gasteiger partial charge in [0.05, 0.1) is 9.80 Å². The lowest BCUT2D eigenvalue weighted by molar-refractivity contribution is 0.603. The Labute approximate surface area is 114 Å². The standard InChI is InChI=1S/C14H18N2O2S/c1-3-4-12(15)6-5-11(2)19(17,18)14-9-7-13(16)8-10-14/h4-10H,2-3,15-16H2,1H3/b6-5-,12-4+. The summed E-state index contributed by atoms with van der Waals surface area (Å²) in [7, 11) is -3.59. The van der Waals surface area contributed by atoms with Crippen molar-refractivity contribution >= 4 is 15.5 Å². The van der Waals surface area contributed by atoms with Gasteiger partial charge in [0.25, 0.3) is 0 Å². The van der Waals surface area contributed by atoms with Crippen LogP contribution < -0.4 is 11.5 Å². The zero-order chi connectivity index (χ0) is 14.5. The van der Waals surface area contributed by atoms with Crippen LogP contribution in [0.2, 0.25) is 0 Å². The third-order valence-electron chi connectivity index (χ3n) is 2.44. The molecule has 0 radical (unpaired) electrons. The third kappa shape index (κ3) is 3.99. The number of rotatable bonds is 5. The fourth-order valence-corrected chi connectivity index (χ4v) is 2.43. The van der Waals surface area contributed by atoms with Gasteiger partial charge in [-0.2, -0.15) is 0 Å². The molecule has 0 saturated carbocycles. The Morgan fingerprint density at radius 2 is 1.84 bits per heavy atom. The van der Waals surface area contributed by atoms with Crippen molar-refractivity contribution in [1.82, 2.24) is 0 Å². The van der Waals surface area contributed by atoms with Gasteiger partial charge in [-0.05, 0) is 42.8 Å². The predicted octanol–water partition coefficient (Wildman–Crippen LogP) is 2.37. The molecule has 0 heterocycles. The molecule has 0 saturated heterocycles. The van der Waals surface area contributed by atoms with Crippen LogP contribution in [-0.2, 0) is 9.84 Å². The lowest BCUT2D eigenvalue weighted by atomic mass is 10.3. The summed E-state index contributed by atoms with van der Waals surface area (Å²) in [6.45, 7) is 5.51. The lowest BCUT2D eigenvalue weighted by Crippen LogP contribution is -2.03. The van der Waals surface area contributed by atoms with E-state index in [0.29, 0.717) is 11.4 Å². The zero-order valence-electron chi connectivity index (χ0n) is 10.8. The summed E-state index contributed by atoms with van der Waals surface area (Å²) in [4.78, 5) is 0.152. The van der Waals surface area contributed by atoms with Crippen LogP contribution in [-0.4, -0.2) is 8.42 Å². The van der Waals surface area contributed by atoms with Gasteiger partial charge in [0.15, 0.2) is 0 Å². The maximum absolute atomic E-state index is 12.2. The van der Waals surface area contributed by atoms with E-state index in [2.05, 4.69) is 6.58 Å². The normalized spacial score (nSPS) is 12.8. The Bertz CT molecular complexity index is 611. The van der Waals surface area contributed by atoms with Crippen molar-refractivity contribution in [2.45, 2.75) is 18.2 Å². The molecule has 0 aliphatic heterocycles. The fourth-order valence-electron chi connectivity index (χ4n) is 1.38. The van der Waals surface area contributed by atoms with Gasteiger partial charge in [-0.1, -0.05) is 19.6 Å². The second kappa shape index (κ2) is 6.24. The molecule has 0 aliphatic carbocycles. The van der Waals surface area contributed by atoms with Crippen molar-refractivity contribution < 1.29 is 8.42 Å². The monoisotopic (exact) mass is 278 g/mol. The Morgan fingerprint density at radius 3 is 2.37 bits per heavy atom. The van der Waals surface area contributed by atoms with Crippen LogP contribution in [0, 0.1) is 0 Å². The highest BCUT2D eigenvalue weighted by Gasteiger charge is 2.16. The molecule has 0 unspecified atom stereocenters. The first-order valence-corrected chi connectivity index (χ1v) is 7.29. The van der Waals surface area contributed by atoms with Crippen molar-refractivity contribution in [2.75, 3.05) is 5.73 Å². The maximum atomic E-state index is 12.2. The van der Waals surface area contributed by atoms with Gasteiger partial charge >= 0.3 is 0 Å². The van der Waals surface area contributed by atoms with Gasteiger partial charge in [0, 0.05) is 11.4 Å². The van der Waals surface area contributed by atoms with Gasteiger partial charge in [-0.3, -0.25) is 0 Å². The molecule has 0 aliphatic rings. The Balaban J connectivity index is 2.98. The van der Waals surface area contributed by atoms with Crippen LogP contribution in [0.1, 0.15) is 13.3 Å². The molecule has 0 bridgehead atoms. The van der Waals surface area contributed by atoms with Gasteiger partial charge in [-0.25, -0.2) is 8.42 Å². The molecule has 4 nitrogen and oxygen atoms in total. The van der Waals surface area contributed by atoms with E-state index in [1.54, 1.807) is 6.08 Å². The summed E-state index contributed by atoms with van der Waals surface area (Å²) in [5.41, 5.74) is 12.2. The first kappa shape index (κ1) is 15.0. The molecule has 0 amide bonds. The van der Waals surface area contributed by atoms with Crippen LogP contribution in [0.25, 0.3) is 0 Å². The summed E-state index contributed by atoms with van der Waals surface area (Å²) in [5, 5.41) is 0. The van der Waals surface area contributed by atoms with Gasteiger partial charge in [-0.15, -0.1) is 0 Å². The SMILES string of the molecule is C=C(/C=C\C(N)=C/CC)S(=O)(=O)c1ccc(N)cc1. The molecule has 0 fully saturated rings. The minimum Gasteiger partial charge on any atom is -0.399 e. The van der Waals surface area contributed by atoms with Crippen molar-refractivity contribution in [3.8, 4) is 0 Å². The number of nitrogen functional groups attached to an aromatic ring is 1. The average Bonchev–Trinajstić information content (AvgIpc) is 2.36. The molecule has 19 heavy (non-hydrogen) atoms. The van der Waals surface area contributed by atoms with E-state index in [1.165, 1.54) is 36.4 Å². The average molecular weight is 278 g/mol. The van der Waals surface area contributed by atoms with Gasteiger partial charge in [0.2, 0.25) is 9.84 Å². The highest BCUT2D eigenvalue weighted by molar-refractivity contribution is 7.95. The molecule has 102 valence electrons. The van der Waals surface area contributed by atoms with Gasteiger partial charge < -0.3 is 11.5 Å². The van der Waals surface area contributed by atoms with E-state index in [1.807, 2.05) is 6.92 Å². The third-order valence-corrected chi connectivity index (χ3v) is 4.16. The minimum absolute atomic E-state index is 0.00951. The smallest absolute Gasteiger partial charge is 0.206 e. The highest BCUT2D eigenvalue weighted by atomic mass is 32.2. The summed E-state index contributed by atoms with van der Waals surface area (Å²) in [5.74, 6) is 0. The van der Waals surface area contributed by atoms with Crippen LogP contribution in [0.4, 0.5) is 5.69 Å². The summed E-state index contributed by atoms with van der Waals surface area (Å²) in [6.07, 6.45) is 5.50. The second-order valence-electron chi connectivity index (χ2n) is 3.98. The molecule has 0 aromatic heterocycles. The fraction of sp³-hybridized carbons (Fsp3) is 0.143. The Kier molecular flexibility index (Phi) is 4.94. The molecule has 1 aromatic carbocycles. The highest BCUT2D eigenvalue weighted by Crippen LogP contribution is 2.20. The summed E-state index contributed by atoms with van der Waals surface area (Å²) >= 11 is 0. The van der Waals surface area contributed by atoms with Crippen molar-refractivity contribution in [2.24, 2.45) is 5.73 Å². The molecular weight excluding hydrogens is 260 g/mol. The van der Waals surface area contributed by atoms with E-state index >= 15 is 0 Å². The van der Waals surface area contributed by atoms with Crippen LogP contribution >= 0.6 is 0 Å². The van der Waals surface area contributed by atoms with Crippen LogP contribution in [0.3, 0.4) is 0 Å².